The zero-order valence-corrected chi connectivity index (χ0v) is 17.3. The van der Waals surface area contributed by atoms with Crippen LogP contribution in [0.3, 0.4) is 0 Å². The van der Waals surface area contributed by atoms with E-state index >= 15 is 0 Å². The molecule has 1 aliphatic heterocycles. The molecule has 2 N–H and O–H groups in total. The van der Waals surface area contributed by atoms with Gasteiger partial charge < -0.3 is 15.4 Å². The molecule has 1 aliphatic rings. The summed E-state index contributed by atoms with van der Waals surface area (Å²) in [6.45, 7) is 9.17. The first-order valence-corrected chi connectivity index (χ1v) is 9.58. The lowest BCUT2D eigenvalue weighted by Crippen LogP contribution is -2.42. The average molecular weight is 407 g/mol. The Morgan fingerprint density at radius 1 is 1.17 bits per heavy atom. The third kappa shape index (κ3) is 4.35. The number of aryl methyl sites for hydroxylation is 1. The molecule has 1 saturated heterocycles. The van der Waals surface area contributed by atoms with E-state index in [1.807, 2.05) is 26.0 Å². The summed E-state index contributed by atoms with van der Waals surface area (Å²) in [5, 5.41) is 5.44. The second kappa shape index (κ2) is 8.41. The fraction of sp³-hybridized carbons (Fsp3) is 0.261. The van der Waals surface area contributed by atoms with Gasteiger partial charge in [-0.15, -0.1) is 0 Å². The first-order valence-electron chi connectivity index (χ1n) is 9.58. The molecule has 4 amide bonds. The Balaban J connectivity index is 1.70. The molecule has 1 fully saturated rings. The van der Waals surface area contributed by atoms with Crippen LogP contribution in [-0.2, 0) is 15.1 Å². The van der Waals surface area contributed by atoms with Gasteiger partial charge in [-0.05, 0) is 55.7 Å². The number of nitrogens with one attached hydrogen (secondary N) is 2. The highest BCUT2D eigenvalue weighted by Gasteiger charge is 2.49. The van der Waals surface area contributed by atoms with E-state index in [-0.39, 0.29) is 6.54 Å². The van der Waals surface area contributed by atoms with Gasteiger partial charge in [0, 0.05) is 5.69 Å². The smallest absolute Gasteiger partial charge is 0.325 e. The van der Waals surface area contributed by atoms with Crippen LogP contribution in [0.4, 0.5) is 10.5 Å². The van der Waals surface area contributed by atoms with Gasteiger partial charge in [-0.1, -0.05) is 36.9 Å². The highest BCUT2D eigenvalue weighted by Crippen LogP contribution is 2.30. The molecule has 0 aromatic heterocycles. The standard InChI is InChI=1S/C23H25N3O4/c1-15(2)14-30-18-11-9-17(10-12-18)23(4)21(28)26(22(29)25-23)13-20(27)24-19-8-6-5-7-16(19)3/h5-12H,1,13-14H2,2-4H3,(H,24,27)(H,25,29). The highest BCUT2D eigenvalue weighted by molar-refractivity contribution is 6.10. The van der Waals surface area contributed by atoms with E-state index in [1.54, 1.807) is 43.3 Å². The van der Waals surface area contributed by atoms with E-state index in [0.29, 0.717) is 23.6 Å². The molecule has 30 heavy (non-hydrogen) atoms. The first kappa shape index (κ1) is 21.1. The van der Waals surface area contributed by atoms with Crippen molar-refractivity contribution in [2.24, 2.45) is 0 Å². The number of ether oxygens (including phenoxy) is 1. The molecule has 0 aliphatic carbocycles. The van der Waals surface area contributed by atoms with Gasteiger partial charge in [0.05, 0.1) is 0 Å². The third-order valence-electron chi connectivity index (χ3n) is 4.91. The summed E-state index contributed by atoms with van der Waals surface area (Å²) in [6.07, 6.45) is 0. The number of carbonyl (C=O) groups excluding carboxylic acids is 3. The zero-order valence-electron chi connectivity index (χ0n) is 17.3. The zero-order chi connectivity index (χ0) is 21.9. The minimum atomic E-state index is -1.26. The fourth-order valence-corrected chi connectivity index (χ4v) is 3.17. The molecule has 156 valence electrons. The molecule has 2 aromatic rings. The van der Waals surface area contributed by atoms with Gasteiger partial charge in [-0.25, -0.2) is 4.79 Å². The topological polar surface area (TPSA) is 87.7 Å². The second-order valence-electron chi connectivity index (χ2n) is 7.58. The molecule has 7 heteroatoms. The number of carbonyl (C=O) groups is 3. The summed E-state index contributed by atoms with van der Waals surface area (Å²) < 4.78 is 5.57. The minimum Gasteiger partial charge on any atom is -0.489 e. The van der Waals surface area contributed by atoms with Crippen molar-refractivity contribution in [3.05, 3.63) is 71.8 Å². The second-order valence-corrected chi connectivity index (χ2v) is 7.58. The van der Waals surface area contributed by atoms with Gasteiger partial charge in [0.1, 0.15) is 24.4 Å². The summed E-state index contributed by atoms with van der Waals surface area (Å²) in [4.78, 5) is 38.8. The molecule has 0 spiro atoms. The molecule has 0 bridgehead atoms. The summed E-state index contributed by atoms with van der Waals surface area (Å²) in [5.74, 6) is -0.291. The van der Waals surface area contributed by atoms with Crippen molar-refractivity contribution in [3.8, 4) is 5.75 Å². The molecule has 3 rings (SSSR count). The Hall–Kier alpha value is -3.61. The molecule has 2 aromatic carbocycles. The largest absolute Gasteiger partial charge is 0.489 e. The van der Waals surface area contributed by atoms with Crippen molar-refractivity contribution >= 4 is 23.5 Å². The van der Waals surface area contributed by atoms with Gasteiger partial charge in [0.15, 0.2) is 0 Å². The quantitative estimate of drug-likeness (QED) is 0.544. The number of amides is 4. The van der Waals surface area contributed by atoms with E-state index in [2.05, 4.69) is 17.2 Å². The van der Waals surface area contributed by atoms with Crippen LogP contribution < -0.4 is 15.4 Å². The maximum Gasteiger partial charge on any atom is 0.325 e. The van der Waals surface area contributed by atoms with Crippen molar-refractivity contribution in [1.82, 2.24) is 10.2 Å². The van der Waals surface area contributed by atoms with Gasteiger partial charge in [-0.2, -0.15) is 0 Å². The van der Waals surface area contributed by atoms with Crippen LogP contribution in [-0.4, -0.2) is 35.9 Å². The van der Waals surface area contributed by atoms with Crippen LogP contribution in [0, 0.1) is 6.92 Å². The lowest BCUT2D eigenvalue weighted by atomic mass is 9.92. The number of para-hydroxylation sites is 1. The van der Waals surface area contributed by atoms with Gasteiger partial charge >= 0.3 is 6.03 Å². The van der Waals surface area contributed by atoms with Crippen molar-refractivity contribution in [2.45, 2.75) is 26.3 Å². The molecular weight excluding hydrogens is 382 g/mol. The number of hydrogen-bond donors (Lipinski definition) is 2. The Bertz CT molecular complexity index is 1000. The van der Waals surface area contributed by atoms with E-state index in [0.717, 1.165) is 16.0 Å². The lowest BCUT2D eigenvalue weighted by Gasteiger charge is -2.22. The fourth-order valence-electron chi connectivity index (χ4n) is 3.17. The van der Waals surface area contributed by atoms with Gasteiger partial charge in [-0.3, -0.25) is 14.5 Å². The third-order valence-corrected chi connectivity index (χ3v) is 4.91. The van der Waals surface area contributed by atoms with Crippen LogP contribution in [0.2, 0.25) is 0 Å². The van der Waals surface area contributed by atoms with E-state index in [1.165, 1.54) is 0 Å². The summed E-state index contributed by atoms with van der Waals surface area (Å²) >= 11 is 0. The van der Waals surface area contributed by atoms with Crippen LogP contribution in [0.5, 0.6) is 5.75 Å². The van der Waals surface area contributed by atoms with Crippen molar-refractivity contribution in [2.75, 3.05) is 18.5 Å². The maximum atomic E-state index is 13.0. The molecule has 0 radical (unpaired) electrons. The molecule has 1 atom stereocenters. The monoisotopic (exact) mass is 407 g/mol. The Kier molecular flexibility index (Phi) is 5.91. The van der Waals surface area contributed by atoms with Crippen LogP contribution in [0.25, 0.3) is 0 Å². The first-order chi connectivity index (χ1) is 14.2. The number of benzene rings is 2. The normalized spacial score (nSPS) is 18.2. The molecular formula is C23H25N3O4. The molecule has 0 saturated carbocycles. The Morgan fingerprint density at radius 2 is 1.83 bits per heavy atom. The van der Waals surface area contributed by atoms with E-state index in [9.17, 15) is 14.4 Å². The number of imide groups is 1. The van der Waals surface area contributed by atoms with Crippen molar-refractivity contribution in [3.63, 3.8) is 0 Å². The number of anilines is 1. The van der Waals surface area contributed by atoms with Crippen molar-refractivity contribution < 1.29 is 19.1 Å². The van der Waals surface area contributed by atoms with Crippen LogP contribution in [0.1, 0.15) is 25.0 Å². The molecule has 1 heterocycles. The maximum absolute atomic E-state index is 13.0. The van der Waals surface area contributed by atoms with Gasteiger partial charge in [0.25, 0.3) is 5.91 Å². The summed E-state index contributed by atoms with van der Waals surface area (Å²) in [6, 6.07) is 13.6. The molecule has 1 unspecified atom stereocenters. The highest BCUT2D eigenvalue weighted by atomic mass is 16.5. The van der Waals surface area contributed by atoms with Crippen molar-refractivity contribution in [1.29, 1.82) is 0 Å². The minimum absolute atomic E-state index is 0.367. The average Bonchev–Trinajstić information content (AvgIpc) is 2.92. The SMILES string of the molecule is C=C(C)COc1ccc(C2(C)NC(=O)N(CC(=O)Nc3ccccc3C)C2=O)cc1. The van der Waals surface area contributed by atoms with E-state index < -0.39 is 23.4 Å². The number of nitrogens with zero attached hydrogens (tertiary/aromatic N) is 1. The predicted molar refractivity (Wildman–Crippen MR) is 114 cm³/mol. The Labute approximate surface area is 175 Å². The van der Waals surface area contributed by atoms with Crippen LogP contribution >= 0.6 is 0 Å². The summed E-state index contributed by atoms with van der Waals surface area (Å²) in [5.41, 5.74) is 1.77. The number of rotatable bonds is 7. The molecule has 7 nitrogen and oxygen atoms in total. The number of hydrogen-bond acceptors (Lipinski definition) is 4. The lowest BCUT2D eigenvalue weighted by molar-refractivity contribution is -0.133. The van der Waals surface area contributed by atoms with Gasteiger partial charge in [0.2, 0.25) is 5.91 Å². The Morgan fingerprint density at radius 3 is 2.47 bits per heavy atom. The van der Waals surface area contributed by atoms with Crippen LogP contribution in [0.15, 0.2) is 60.7 Å². The number of urea groups is 1. The predicted octanol–water partition coefficient (Wildman–Crippen LogP) is 3.36. The summed E-state index contributed by atoms with van der Waals surface area (Å²) in [7, 11) is 0. The van der Waals surface area contributed by atoms with E-state index in [4.69, 9.17) is 4.74 Å².